The Bertz CT molecular complexity index is 730. The van der Waals surface area contributed by atoms with Crippen molar-refractivity contribution in [3.63, 3.8) is 0 Å². The van der Waals surface area contributed by atoms with Gasteiger partial charge in [-0.1, -0.05) is 30.3 Å². The summed E-state index contributed by atoms with van der Waals surface area (Å²) in [5.74, 6) is -1.24. The molecule has 2 atom stereocenters. The lowest BCUT2D eigenvalue weighted by Crippen LogP contribution is -2.38. The molecule has 112 valence electrons. The summed E-state index contributed by atoms with van der Waals surface area (Å²) >= 11 is 0. The van der Waals surface area contributed by atoms with Crippen molar-refractivity contribution in [1.29, 1.82) is 0 Å². The van der Waals surface area contributed by atoms with Gasteiger partial charge in [0.25, 0.3) is 0 Å². The molecule has 2 aromatic carbocycles. The number of nitrogens with two attached hydrogens (primary N) is 1. The van der Waals surface area contributed by atoms with E-state index in [1.165, 1.54) is 24.3 Å². The molecule has 0 saturated heterocycles. The lowest BCUT2D eigenvalue weighted by atomic mass is 9.88. The Hall–Kier alpha value is -2.89. The molecular formula is C16H14FN3O2. The van der Waals surface area contributed by atoms with Crippen LogP contribution in [0.5, 0.6) is 0 Å². The van der Waals surface area contributed by atoms with Gasteiger partial charge in [0.2, 0.25) is 5.91 Å². The summed E-state index contributed by atoms with van der Waals surface area (Å²) in [6.07, 6.45) is 0. The molecule has 0 saturated carbocycles. The van der Waals surface area contributed by atoms with Crippen LogP contribution in [0.15, 0.2) is 48.5 Å². The van der Waals surface area contributed by atoms with Crippen molar-refractivity contribution in [3.8, 4) is 0 Å². The quantitative estimate of drug-likeness (QED) is 0.812. The second-order valence-electron chi connectivity index (χ2n) is 5.09. The number of carbonyl (C=O) groups is 2. The van der Waals surface area contributed by atoms with E-state index in [1.807, 2.05) is 18.2 Å². The highest BCUT2D eigenvalue weighted by atomic mass is 19.1. The van der Waals surface area contributed by atoms with Gasteiger partial charge in [-0.05, 0) is 29.3 Å². The molecule has 5 nitrogen and oxygen atoms in total. The third kappa shape index (κ3) is 2.50. The van der Waals surface area contributed by atoms with Gasteiger partial charge >= 0.3 is 6.03 Å². The fourth-order valence-electron chi connectivity index (χ4n) is 2.75. The Kier molecular flexibility index (Phi) is 3.50. The number of hydrogen-bond donors (Lipinski definition) is 3. The van der Waals surface area contributed by atoms with Crippen LogP contribution in [0.1, 0.15) is 23.1 Å². The van der Waals surface area contributed by atoms with Gasteiger partial charge in [-0.3, -0.25) is 4.79 Å². The van der Waals surface area contributed by atoms with E-state index in [4.69, 9.17) is 5.73 Å². The van der Waals surface area contributed by atoms with Crippen molar-refractivity contribution in [2.24, 2.45) is 5.73 Å². The first-order valence-corrected chi connectivity index (χ1v) is 6.77. The Morgan fingerprint density at radius 1 is 1.18 bits per heavy atom. The molecule has 1 aliphatic rings. The van der Waals surface area contributed by atoms with Crippen LogP contribution in [0.25, 0.3) is 0 Å². The second-order valence-corrected chi connectivity index (χ2v) is 5.09. The molecule has 6 heteroatoms. The van der Waals surface area contributed by atoms with Crippen molar-refractivity contribution in [2.75, 3.05) is 5.32 Å². The molecule has 0 aliphatic carbocycles. The first-order chi connectivity index (χ1) is 10.6. The number of benzene rings is 2. The Balaban J connectivity index is 2.04. The average Bonchev–Trinajstić information content (AvgIpc) is 2.81. The molecule has 0 aromatic heterocycles. The van der Waals surface area contributed by atoms with E-state index in [0.717, 1.165) is 5.56 Å². The molecule has 0 radical (unpaired) electrons. The normalized spacial score (nSPS) is 17.5. The zero-order valence-electron chi connectivity index (χ0n) is 11.5. The first-order valence-electron chi connectivity index (χ1n) is 6.77. The Morgan fingerprint density at radius 2 is 1.86 bits per heavy atom. The van der Waals surface area contributed by atoms with E-state index in [-0.39, 0.29) is 5.91 Å². The number of primary amides is 1. The summed E-state index contributed by atoms with van der Waals surface area (Å²) in [6.45, 7) is 0. The SMILES string of the molecule is NC(=O)NC(c1ccc(F)cc1)C1C(=O)Nc2ccccc21. The maximum atomic E-state index is 13.1. The number of hydrogen-bond acceptors (Lipinski definition) is 2. The predicted octanol–water partition coefficient (Wildman–Crippen LogP) is 2.27. The highest BCUT2D eigenvalue weighted by Crippen LogP contribution is 2.40. The van der Waals surface area contributed by atoms with Crippen LogP contribution in [0, 0.1) is 5.82 Å². The van der Waals surface area contributed by atoms with Crippen molar-refractivity contribution >= 4 is 17.6 Å². The van der Waals surface area contributed by atoms with E-state index < -0.39 is 23.8 Å². The third-order valence-corrected chi connectivity index (χ3v) is 3.70. The molecule has 2 unspecified atom stereocenters. The molecule has 0 bridgehead atoms. The van der Waals surface area contributed by atoms with E-state index in [0.29, 0.717) is 11.3 Å². The zero-order chi connectivity index (χ0) is 15.7. The summed E-state index contributed by atoms with van der Waals surface area (Å²) in [5.41, 5.74) is 7.32. The molecule has 0 fully saturated rings. The molecule has 22 heavy (non-hydrogen) atoms. The van der Waals surface area contributed by atoms with E-state index in [9.17, 15) is 14.0 Å². The van der Waals surface area contributed by atoms with E-state index in [1.54, 1.807) is 6.07 Å². The topological polar surface area (TPSA) is 84.2 Å². The first kappa shape index (κ1) is 14.1. The van der Waals surface area contributed by atoms with Crippen LogP contribution >= 0.6 is 0 Å². The number of nitrogens with one attached hydrogen (secondary N) is 2. The van der Waals surface area contributed by atoms with Gasteiger partial charge in [-0.25, -0.2) is 9.18 Å². The van der Waals surface area contributed by atoms with Gasteiger partial charge in [0.05, 0.1) is 12.0 Å². The largest absolute Gasteiger partial charge is 0.352 e. The number of rotatable bonds is 3. The van der Waals surface area contributed by atoms with Gasteiger partial charge < -0.3 is 16.4 Å². The standard InChI is InChI=1S/C16H14FN3O2/c17-10-7-5-9(6-8-10)14(20-16(18)22)13-11-3-1-2-4-12(11)19-15(13)21/h1-8,13-14H,(H,19,21)(H3,18,20,22). The molecule has 3 rings (SSSR count). The zero-order valence-corrected chi connectivity index (χ0v) is 11.5. The molecule has 0 spiro atoms. The third-order valence-electron chi connectivity index (χ3n) is 3.70. The minimum Gasteiger partial charge on any atom is -0.352 e. The van der Waals surface area contributed by atoms with E-state index >= 15 is 0 Å². The molecule has 4 N–H and O–H groups in total. The fourth-order valence-corrected chi connectivity index (χ4v) is 2.75. The summed E-state index contributed by atoms with van der Waals surface area (Å²) < 4.78 is 13.1. The second kappa shape index (κ2) is 5.48. The highest BCUT2D eigenvalue weighted by Gasteiger charge is 2.38. The maximum absolute atomic E-state index is 13.1. The minimum atomic E-state index is -0.744. The number of para-hydroxylation sites is 1. The molecule has 1 heterocycles. The van der Waals surface area contributed by atoms with Crippen LogP contribution in [-0.2, 0) is 4.79 Å². The summed E-state index contributed by atoms with van der Waals surface area (Å²) in [7, 11) is 0. The van der Waals surface area contributed by atoms with Gasteiger partial charge in [-0.15, -0.1) is 0 Å². The van der Waals surface area contributed by atoms with Crippen LogP contribution < -0.4 is 16.4 Å². The van der Waals surface area contributed by atoms with Gasteiger partial charge in [-0.2, -0.15) is 0 Å². The van der Waals surface area contributed by atoms with Gasteiger partial charge in [0.15, 0.2) is 0 Å². The minimum absolute atomic E-state index is 0.232. The van der Waals surface area contributed by atoms with Crippen LogP contribution in [0.3, 0.4) is 0 Å². The predicted molar refractivity (Wildman–Crippen MR) is 79.7 cm³/mol. The number of fused-ring (bicyclic) bond motifs is 1. The maximum Gasteiger partial charge on any atom is 0.312 e. The summed E-state index contributed by atoms with van der Waals surface area (Å²) in [6, 6.07) is 11.5. The van der Waals surface area contributed by atoms with Crippen molar-refractivity contribution in [1.82, 2.24) is 5.32 Å². The molecule has 1 aliphatic heterocycles. The van der Waals surface area contributed by atoms with E-state index in [2.05, 4.69) is 10.6 Å². The number of carbonyl (C=O) groups excluding carboxylic acids is 2. The fraction of sp³-hybridized carbons (Fsp3) is 0.125. The Labute approximate surface area is 126 Å². The monoisotopic (exact) mass is 299 g/mol. The van der Waals surface area contributed by atoms with Crippen LogP contribution in [-0.4, -0.2) is 11.9 Å². The number of urea groups is 1. The average molecular weight is 299 g/mol. The molecule has 3 amide bonds. The van der Waals surface area contributed by atoms with Gasteiger partial charge in [0, 0.05) is 5.69 Å². The Morgan fingerprint density at radius 3 is 2.55 bits per heavy atom. The lowest BCUT2D eigenvalue weighted by Gasteiger charge is -2.23. The summed E-state index contributed by atoms with van der Waals surface area (Å²) in [5, 5.41) is 5.36. The van der Waals surface area contributed by atoms with Crippen molar-refractivity contribution in [3.05, 3.63) is 65.5 Å². The van der Waals surface area contributed by atoms with Crippen molar-refractivity contribution < 1.29 is 14.0 Å². The lowest BCUT2D eigenvalue weighted by molar-refractivity contribution is -0.117. The number of halogens is 1. The number of amides is 3. The smallest absolute Gasteiger partial charge is 0.312 e. The highest BCUT2D eigenvalue weighted by molar-refractivity contribution is 6.03. The van der Waals surface area contributed by atoms with Crippen LogP contribution in [0.4, 0.5) is 14.9 Å². The van der Waals surface area contributed by atoms with Crippen LogP contribution in [0.2, 0.25) is 0 Å². The summed E-state index contributed by atoms with van der Waals surface area (Å²) in [4.78, 5) is 23.6. The van der Waals surface area contributed by atoms with Gasteiger partial charge in [0.1, 0.15) is 5.82 Å². The molecule has 2 aromatic rings. The van der Waals surface area contributed by atoms with Crippen molar-refractivity contribution in [2.45, 2.75) is 12.0 Å². The molecular weight excluding hydrogens is 285 g/mol. The number of anilines is 1.